The van der Waals surface area contributed by atoms with E-state index in [-0.39, 0.29) is 0 Å². The van der Waals surface area contributed by atoms with Crippen LogP contribution in [0.15, 0.2) is 0 Å². The highest BCUT2D eigenvalue weighted by atomic mass is 32.2. The van der Waals surface area contributed by atoms with Crippen LogP contribution in [0.5, 0.6) is 0 Å². The van der Waals surface area contributed by atoms with E-state index in [1.54, 1.807) is 25.5 Å². The van der Waals surface area contributed by atoms with Crippen molar-refractivity contribution in [2.75, 3.05) is 0 Å². The molecule has 0 aliphatic heterocycles. The molecule has 0 rings (SSSR count). The summed E-state index contributed by atoms with van der Waals surface area (Å²) >= 11 is 0. The summed E-state index contributed by atoms with van der Waals surface area (Å²) in [4.78, 5) is 10.7. The molecule has 0 bridgehead atoms. The molecule has 0 aliphatic carbocycles. The molecule has 11 heavy (non-hydrogen) atoms. The number of amides is 2. The van der Waals surface area contributed by atoms with Crippen molar-refractivity contribution in [1.29, 1.82) is 0 Å². The standard InChI is InChI=1S/C5H12N2O3S/c1-5(2,3)6-4(8)7-11(9)10/h11H,1-3H3,(H2,6,7,8,9,10). The van der Waals surface area contributed by atoms with Gasteiger partial charge in [0.2, 0.25) is 10.9 Å². The minimum absolute atomic E-state index is 0.421. The van der Waals surface area contributed by atoms with Gasteiger partial charge in [-0.25, -0.2) is 17.9 Å². The monoisotopic (exact) mass is 180 g/mol. The minimum Gasteiger partial charge on any atom is -0.333 e. The Labute approximate surface area is 67.3 Å². The third-order valence-corrected chi connectivity index (χ3v) is 1.07. The lowest BCUT2D eigenvalue weighted by Gasteiger charge is -2.19. The fourth-order valence-corrected chi connectivity index (χ4v) is 0.673. The van der Waals surface area contributed by atoms with Crippen LogP contribution in [0, 0.1) is 0 Å². The topological polar surface area (TPSA) is 75.3 Å². The van der Waals surface area contributed by atoms with Crippen LogP contribution in [-0.4, -0.2) is 20.0 Å². The summed E-state index contributed by atoms with van der Waals surface area (Å²) in [6.45, 7) is 5.26. The van der Waals surface area contributed by atoms with Crippen LogP contribution in [0.2, 0.25) is 0 Å². The highest BCUT2D eigenvalue weighted by Gasteiger charge is 2.12. The maximum atomic E-state index is 10.7. The van der Waals surface area contributed by atoms with Gasteiger partial charge in [0.25, 0.3) is 0 Å². The van der Waals surface area contributed by atoms with Crippen molar-refractivity contribution in [2.24, 2.45) is 0 Å². The van der Waals surface area contributed by atoms with E-state index >= 15 is 0 Å². The van der Waals surface area contributed by atoms with Crippen LogP contribution in [-0.2, 0) is 10.9 Å². The summed E-state index contributed by atoms with van der Waals surface area (Å²) in [5.41, 5.74) is -0.421. The van der Waals surface area contributed by atoms with E-state index in [1.807, 2.05) is 0 Å². The van der Waals surface area contributed by atoms with Crippen molar-refractivity contribution in [3.63, 3.8) is 0 Å². The molecule has 0 fully saturated rings. The van der Waals surface area contributed by atoms with Gasteiger partial charge in [0, 0.05) is 5.54 Å². The van der Waals surface area contributed by atoms with Gasteiger partial charge in [-0.15, -0.1) is 0 Å². The number of rotatable bonds is 1. The fourth-order valence-electron chi connectivity index (χ4n) is 0.451. The average Bonchev–Trinajstić information content (AvgIpc) is 1.53. The molecule has 0 atom stereocenters. The maximum Gasteiger partial charge on any atom is 0.328 e. The molecule has 0 saturated carbocycles. The van der Waals surface area contributed by atoms with Crippen molar-refractivity contribution in [2.45, 2.75) is 26.3 Å². The molecule has 0 radical (unpaired) electrons. The normalized spacial score (nSPS) is 11.3. The van der Waals surface area contributed by atoms with Gasteiger partial charge in [-0.2, -0.15) is 0 Å². The molecule has 0 aromatic carbocycles. The predicted molar refractivity (Wildman–Crippen MR) is 41.7 cm³/mol. The van der Waals surface area contributed by atoms with Crippen LogP contribution in [0.1, 0.15) is 20.8 Å². The lowest BCUT2D eigenvalue weighted by molar-refractivity contribution is 0.237. The maximum absolute atomic E-state index is 10.7. The first-order valence-electron chi connectivity index (χ1n) is 3.04. The quantitative estimate of drug-likeness (QED) is 0.481. The predicted octanol–water partition coefficient (Wildman–Crippen LogP) is -0.389. The highest BCUT2D eigenvalue weighted by molar-refractivity contribution is 7.70. The Morgan fingerprint density at radius 3 is 2.00 bits per heavy atom. The molecule has 2 N–H and O–H groups in total. The molecular weight excluding hydrogens is 168 g/mol. The number of carbonyl (C=O) groups is 1. The van der Waals surface area contributed by atoms with Crippen molar-refractivity contribution in [3.05, 3.63) is 0 Å². The Kier molecular flexibility index (Phi) is 3.31. The molecule has 0 unspecified atom stereocenters. The van der Waals surface area contributed by atoms with E-state index in [9.17, 15) is 13.2 Å². The van der Waals surface area contributed by atoms with Crippen molar-refractivity contribution >= 4 is 16.9 Å². The molecule has 66 valence electrons. The van der Waals surface area contributed by atoms with E-state index in [0.29, 0.717) is 0 Å². The highest BCUT2D eigenvalue weighted by Crippen LogP contribution is 1.96. The number of nitrogens with one attached hydrogen (secondary N) is 2. The number of carbonyl (C=O) groups excluding carboxylic acids is 1. The molecule has 0 saturated heterocycles. The van der Waals surface area contributed by atoms with E-state index in [0.717, 1.165) is 0 Å². The Bertz CT molecular complexity index is 208. The summed E-state index contributed by atoms with van der Waals surface area (Å²) < 4.78 is 21.6. The summed E-state index contributed by atoms with van der Waals surface area (Å²) in [5, 5.41) is 2.42. The van der Waals surface area contributed by atoms with Gasteiger partial charge in [-0.1, -0.05) is 0 Å². The minimum atomic E-state index is -2.85. The fraction of sp³-hybridized carbons (Fsp3) is 0.800. The Morgan fingerprint density at radius 2 is 1.73 bits per heavy atom. The zero-order valence-electron chi connectivity index (χ0n) is 6.67. The molecule has 0 aliphatic rings. The second kappa shape index (κ2) is 3.56. The van der Waals surface area contributed by atoms with Gasteiger partial charge >= 0.3 is 6.03 Å². The van der Waals surface area contributed by atoms with Gasteiger partial charge in [0.15, 0.2) is 0 Å². The molecular formula is C5H12N2O3S. The van der Waals surface area contributed by atoms with Crippen LogP contribution < -0.4 is 10.0 Å². The van der Waals surface area contributed by atoms with Crippen LogP contribution >= 0.6 is 0 Å². The van der Waals surface area contributed by atoms with Crippen LogP contribution in [0.3, 0.4) is 0 Å². The number of thiol groups is 1. The lowest BCUT2D eigenvalue weighted by Crippen LogP contribution is -2.45. The third-order valence-electron chi connectivity index (χ3n) is 0.681. The molecule has 0 spiro atoms. The Balaban J connectivity index is 3.90. The Hall–Kier alpha value is -0.780. The molecule has 0 aromatic heterocycles. The first-order valence-corrected chi connectivity index (χ1v) is 4.22. The van der Waals surface area contributed by atoms with E-state index in [1.165, 1.54) is 0 Å². The SMILES string of the molecule is CC(C)(C)NC(=O)N[SH](=O)=O. The summed E-state index contributed by atoms with van der Waals surface area (Å²) in [5.74, 6) is 0. The molecule has 2 amide bonds. The van der Waals surface area contributed by atoms with Crippen molar-refractivity contribution in [3.8, 4) is 0 Å². The first-order chi connectivity index (χ1) is 4.81. The van der Waals surface area contributed by atoms with E-state index in [4.69, 9.17) is 0 Å². The number of hydrogen-bond acceptors (Lipinski definition) is 3. The third kappa shape index (κ3) is 7.11. The second-order valence-corrected chi connectivity index (χ2v) is 3.81. The average molecular weight is 180 g/mol. The van der Waals surface area contributed by atoms with Crippen LogP contribution in [0.25, 0.3) is 0 Å². The largest absolute Gasteiger partial charge is 0.333 e. The summed E-state index contributed by atoms with van der Waals surface area (Å²) in [6, 6.07) is -0.700. The second-order valence-electron chi connectivity index (χ2n) is 3.07. The van der Waals surface area contributed by atoms with Crippen molar-refractivity contribution in [1.82, 2.24) is 10.0 Å². The number of urea groups is 1. The molecule has 0 aromatic rings. The van der Waals surface area contributed by atoms with E-state index in [2.05, 4.69) is 5.32 Å². The van der Waals surface area contributed by atoms with Gasteiger partial charge < -0.3 is 5.32 Å². The van der Waals surface area contributed by atoms with Gasteiger partial charge in [0.1, 0.15) is 0 Å². The number of hydrogen-bond donors (Lipinski definition) is 3. The summed E-state index contributed by atoms with van der Waals surface area (Å²) in [6.07, 6.45) is 0. The van der Waals surface area contributed by atoms with Gasteiger partial charge in [-0.05, 0) is 20.8 Å². The van der Waals surface area contributed by atoms with Crippen molar-refractivity contribution < 1.29 is 13.2 Å². The first kappa shape index (κ1) is 10.2. The Morgan fingerprint density at radius 1 is 1.27 bits per heavy atom. The van der Waals surface area contributed by atoms with Crippen LogP contribution in [0.4, 0.5) is 4.79 Å². The smallest absolute Gasteiger partial charge is 0.328 e. The lowest BCUT2D eigenvalue weighted by atomic mass is 10.1. The molecule has 6 heteroatoms. The zero-order valence-corrected chi connectivity index (χ0v) is 7.57. The zero-order chi connectivity index (χ0) is 9.07. The van der Waals surface area contributed by atoms with Gasteiger partial charge in [-0.3, -0.25) is 0 Å². The van der Waals surface area contributed by atoms with Gasteiger partial charge in [0.05, 0.1) is 0 Å². The molecule has 0 heterocycles. The van der Waals surface area contributed by atoms with E-state index < -0.39 is 22.5 Å². The summed E-state index contributed by atoms with van der Waals surface area (Å²) in [7, 11) is -2.85. The molecule has 5 nitrogen and oxygen atoms in total.